The van der Waals surface area contributed by atoms with Crippen LogP contribution in [0, 0.1) is 0 Å². The summed E-state index contributed by atoms with van der Waals surface area (Å²) in [6, 6.07) is 5.99. The van der Waals surface area contributed by atoms with Gasteiger partial charge in [0.2, 0.25) is 0 Å². The van der Waals surface area contributed by atoms with Crippen molar-refractivity contribution >= 4 is 5.69 Å². The molecule has 3 heteroatoms. The zero-order valence-corrected chi connectivity index (χ0v) is 9.95. The normalized spacial score (nSPS) is 12.3. The molecule has 0 saturated carbocycles. The molecular weight excluding hydrogens is 188 g/mol. The second-order valence-electron chi connectivity index (χ2n) is 3.70. The minimum absolute atomic E-state index is 0.0230. The van der Waals surface area contributed by atoms with Gasteiger partial charge in [0.1, 0.15) is 5.75 Å². The third kappa shape index (κ3) is 2.42. The SMILES string of the molecule is CCN(C)c1cccc(OC)c1[C@H](C)N. The molecule has 1 rings (SSSR count). The summed E-state index contributed by atoms with van der Waals surface area (Å²) in [5.74, 6) is 0.864. The molecule has 0 amide bonds. The number of ether oxygens (including phenoxy) is 1. The highest BCUT2D eigenvalue weighted by Crippen LogP contribution is 2.32. The number of hydrogen-bond acceptors (Lipinski definition) is 3. The Morgan fingerprint density at radius 2 is 2.13 bits per heavy atom. The summed E-state index contributed by atoms with van der Waals surface area (Å²) < 4.78 is 5.34. The predicted molar refractivity (Wildman–Crippen MR) is 64.5 cm³/mol. The Morgan fingerprint density at radius 1 is 1.47 bits per heavy atom. The van der Waals surface area contributed by atoms with Gasteiger partial charge in [0.25, 0.3) is 0 Å². The van der Waals surface area contributed by atoms with E-state index in [-0.39, 0.29) is 6.04 Å². The van der Waals surface area contributed by atoms with Crippen molar-refractivity contribution in [3.63, 3.8) is 0 Å². The molecule has 0 aliphatic rings. The maximum atomic E-state index is 5.98. The largest absolute Gasteiger partial charge is 0.496 e. The van der Waals surface area contributed by atoms with Crippen LogP contribution < -0.4 is 15.4 Å². The Kier molecular flexibility index (Phi) is 3.97. The summed E-state index contributed by atoms with van der Waals surface area (Å²) in [5.41, 5.74) is 8.20. The second kappa shape index (κ2) is 5.03. The molecule has 1 aromatic rings. The van der Waals surface area contributed by atoms with Crippen LogP contribution in [0.5, 0.6) is 5.75 Å². The van der Waals surface area contributed by atoms with E-state index in [4.69, 9.17) is 10.5 Å². The van der Waals surface area contributed by atoms with E-state index >= 15 is 0 Å². The summed E-state index contributed by atoms with van der Waals surface area (Å²) in [5, 5.41) is 0. The van der Waals surface area contributed by atoms with Gasteiger partial charge in [-0.1, -0.05) is 6.07 Å². The zero-order valence-electron chi connectivity index (χ0n) is 9.95. The lowest BCUT2D eigenvalue weighted by atomic mass is 10.0. The van der Waals surface area contributed by atoms with E-state index in [0.29, 0.717) is 0 Å². The molecule has 0 saturated heterocycles. The van der Waals surface area contributed by atoms with Gasteiger partial charge in [-0.3, -0.25) is 0 Å². The number of methoxy groups -OCH3 is 1. The average Bonchev–Trinajstić information content (AvgIpc) is 2.26. The molecule has 3 nitrogen and oxygen atoms in total. The van der Waals surface area contributed by atoms with Crippen molar-refractivity contribution in [3.8, 4) is 5.75 Å². The maximum absolute atomic E-state index is 5.98. The molecule has 0 aliphatic heterocycles. The van der Waals surface area contributed by atoms with Gasteiger partial charge in [0.05, 0.1) is 7.11 Å². The van der Waals surface area contributed by atoms with E-state index in [0.717, 1.165) is 23.5 Å². The van der Waals surface area contributed by atoms with Gasteiger partial charge in [0, 0.05) is 30.9 Å². The van der Waals surface area contributed by atoms with Crippen LogP contribution in [-0.4, -0.2) is 20.7 Å². The topological polar surface area (TPSA) is 38.5 Å². The van der Waals surface area contributed by atoms with Crippen molar-refractivity contribution < 1.29 is 4.74 Å². The Balaban J connectivity index is 3.25. The van der Waals surface area contributed by atoms with Crippen LogP contribution in [0.15, 0.2) is 18.2 Å². The third-order valence-corrected chi connectivity index (χ3v) is 2.60. The molecule has 0 radical (unpaired) electrons. The summed E-state index contributed by atoms with van der Waals surface area (Å²) in [6.45, 7) is 5.04. The Labute approximate surface area is 91.8 Å². The minimum Gasteiger partial charge on any atom is -0.496 e. The fourth-order valence-corrected chi connectivity index (χ4v) is 1.67. The molecule has 84 valence electrons. The number of anilines is 1. The van der Waals surface area contributed by atoms with Gasteiger partial charge >= 0.3 is 0 Å². The quantitative estimate of drug-likeness (QED) is 0.824. The molecular formula is C12H20N2O. The van der Waals surface area contributed by atoms with Crippen LogP contribution in [-0.2, 0) is 0 Å². The first kappa shape index (κ1) is 11.9. The van der Waals surface area contributed by atoms with Crippen molar-refractivity contribution in [3.05, 3.63) is 23.8 Å². The molecule has 0 aromatic heterocycles. The van der Waals surface area contributed by atoms with E-state index in [9.17, 15) is 0 Å². The molecule has 1 aromatic carbocycles. The lowest BCUT2D eigenvalue weighted by Gasteiger charge is -2.24. The standard InChI is InChI=1S/C12H20N2O/c1-5-14(3)10-7-6-8-11(15-4)12(10)9(2)13/h6-9H,5,13H2,1-4H3/t9-/m0/s1. The highest BCUT2D eigenvalue weighted by molar-refractivity contribution is 5.60. The van der Waals surface area contributed by atoms with Gasteiger partial charge in [-0.25, -0.2) is 0 Å². The smallest absolute Gasteiger partial charge is 0.125 e. The first-order valence-corrected chi connectivity index (χ1v) is 5.25. The van der Waals surface area contributed by atoms with Gasteiger partial charge < -0.3 is 15.4 Å². The monoisotopic (exact) mass is 208 g/mol. The Bertz CT molecular complexity index is 323. The van der Waals surface area contributed by atoms with Crippen molar-refractivity contribution in [1.29, 1.82) is 0 Å². The zero-order chi connectivity index (χ0) is 11.4. The maximum Gasteiger partial charge on any atom is 0.125 e. The molecule has 0 unspecified atom stereocenters. The van der Waals surface area contributed by atoms with Gasteiger partial charge in [-0.05, 0) is 26.0 Å². The summed E-state index contributed by atoms with van der Waals surface area (Å²) in [7, 11) is 3.73. The van der Waals surface area contributed by atoms with E-state index in [1.807, 2.05) is 19.1 Å². The van der Waals surface area contributed by atoms with Crippen LogP contribution in [0.4, 0.5) is 5.69 Å². The van der Waals surface area contributed by atoms with Gasteiger partial charge in [-0.2, -0.15) is 0 Å². The highest BCUT2D eigenvalue weighted by Gasteiger charge is 2.14. The van der Waals surface area contributed by atoms with Gasteiger partial charge in [-0.15, -0.1) is 0 Å². The molecule has 0 heterocycles. The first-order valence-electron chi connectivity index (χ1n) is 5.25. The molecule has 1 atom stereocenters. The molecule has 0 spiro atoms. The predicted octanol–water partition coefficient (Wildman–Crippen LogP) is 2.17. The Morgan fingerprint density at radius 3 is 2.60 bits per heavy atom. The fraction of sp³-hybridized carbons (Fsp3) is 0.500. The van der Waals surface area contributed by atoms with Crippen LogP contribution >= 0.6 is 0 Å². The van der Waals surface area contributed by atoms with Crippen LogP contribution in [0.2, 0.25) is 0 Å². The fourth-order valence-electron chi connectivity index (χ4n) is 1.67. The van der Waals surface area contributed by atoms with E-state index in [1.165, 1.54) is 0 Å². The van der Waals surface area contributed by atoms with E-state index in [2.05, 4.69) is 24.9 Å². The summed E-state index contributed by atoms with van der Waals surface area (Å²) >= 11 is 0. The van der Waals surface area contributed by atoms with Crippen LogP contribution in [0.1, 0.15) is 25.5 Å². The molecule has 0 aliphatic carbocycles. The average molecular weight is 208 g/mol. The second-order valence-corrected chi connectivity index (χ2v) is 3.70. The van der Waals surface area contributed by atoms with Crippen molar-refractivity contribution in [2.24, 2.45) is 5.73 Å². The van der Waals surface area contributed by atoms with Crippen molar-refractivity contribution in [2.75, 3.05) is 25.6 Å². The van der Waals surface area contributed by atoms with E-state index in [1.54, 1.807) is 7.11 Å². The number of hydrogen-bond donors (Lipinski definition) is 1. The van der Waals surface area contributed by atoms with Crippen molar-refractivity contribution in [1.82, 2.24) is 0 Å². The van der Waals surface area contributed by atoms with Crippen LogP contribution in [0.25, 0.3) is 0 Å². The van der Waals surface area contributed by atoms with E-state index < -0.39 is 0 Å². The minimum atomic E-state index is -0.0230. The lowest BCUT2D eigenvalue weighted by molar-refractivity contribution is 0.407. The Hall–Kier alpha value is -1.22. The number of benzene rings is 1. The molecule has 0 bridgehead atoms. The van der Waals surface area contributed by atoms with Gasteiger partial charge in [0.15, 0.2) is 0 Å². The number of nitrogens with two attached hydrogens (primary N) is 1. The lowest BCUT2D eigenvalue weighted by Crippen LogP contribution is -2.20. The summed E-state index contributed by atoms with van der Waals surface area (Å²) in [6.07, 6.45) is 0. The molecule has 0 fully saturated rings. The molecule has 15 heavy (non-hydrogen) atoms. The first-order chi connectivity index (χ1) is 7.11. The van der Waals surface area contributed by atoms with Crippen molar-refractivity contribution in [2.45, 2.75) is 19.9 Å². The van der Waals surface area contributed by atoms with Crippen LogP contribution in [0.3, 0.4) is 0 Å². The number of nitrogens with zero attached hydrogens (tertiary/aromatic N) is 1. The third-order valence-electron chi connectivity index (χ3n) is 2.60. The number of rotatable bonds is 4. The molecule has 2 N–H and O–H groups in total. The highest BCUT2D eigenvalue weighted by atomic mass is 16.5. The summed E-state index contributed by atoms with van der Waals surface area (Å²) in [4.78, 5) is 2.17.